The summed E-state index contributed by atoms with van der Waals surface area (Å²) in [7, 11) is 0. The molecule has 0 aromatic carbocycles. The third-order valence-electron chi connectivity index (χ3n) is 2.49. The van der Waals surface area contributed by atoms with Crippen molar-refractivity contribution in [1.82, 2.24) is 0 Å². The number of ether oxygens (including phenoxy) is 3. The lowest BCUT2D eigenvalue weighted by atomic mass is 9.99. The van der Waals surface area contributed by atoms with Crippen molar-refractivity contribution in [1.29, 1.82) is 0 Å². The van der Waals surface area contributed by atoms with E-state index in [2.05, 4.69) is 11.8 Å². The Kier molecular flexibility index (Phi) is 6.10. The Morgan fingerprint density at radius 2 is 1.72 bits per heavy atom. The number of aliphatic hydroxyl groups is 3. The van der Waals surface area contributed by atoms with Crippen LogP contribution in [0.15, 0.2) is 0 Å². The Bertz CT molecular complexity index is 330. The van der Waals surface area contributed by atoms with Gasteiger partial charge in [0.1, 0.15) is 37.6 Å². The second-order valence-corrected chi connectivity index (χ2v) is 3.75. The lowest BCUT2D eigenvalue weighted by molar-refractivity contribution is -0.294. The van der Waals surface area contributed by atoms with Crippen LogP contribution in [0.1, 0.15) is 0 Å². The van der Waals surface area contributed by atoms with E-state index in [4.69, 9.17) is 27.1 Å². The van der Waals surface area contributed by atoms with Gasteiger partial charge in [-0.2, -0.15) is 0 Å². The summed E-state index contributed by atoms with van der Waals surface area (Å²) in [5, 5.41) is 28.7. The summed E-state index contributed by atoms with van der Waals surface area (Å²) in [6.07, 6.45) is 4.13. The molecule has 100 valence electrons. The van der Waals surface area contributed by atoms with Gasteiger partial charge in [-0.1, -0.05) is 11.8 Å². The molecule has 0 unspecified atom stereocenters. The van der Waals surface area contributed by atoms with Crippen molar-refractivity contribution < 1.29 is 29.5 Å². The number of rotatable bonds is 5. The Morgan fingerprint density at radius 3 is 2.33 bits per heavy atom. The molecule has 1 fully saturated rings. The van der Waals surface area contributed by atoms with Gasteiger partial charge in [0, 0.05) is 0 Å². The third-order valence-corrected chi connectivity index (χ3v) is 2.49. The topological polar surface area (TPSA) is 88.4 Å². The van der Waals surface area contributed by atoms with Crippen molar-refractivity contribution in [2.75, 3.05) is 19.8 Å². The third kappa shape index (κ3) is 3.69. The largest absolute Gasteiger partial charge is 0.387 e. The molecule has 0 spiro atoms. The fourth-order valence-electron chi connectivity index (χ4n) is 1.64. The number of hydrogen-bond donors (Lipinski definition) is 3. The van der Waals surface area contributed by atoms with Gasteiger partial charge in [0.05, 0.1) is 6.61 Å². The molecule has 18 heavy (non-hydrogen) atoms. The van der Waals surface area contributed by atoms with Crippen LogP contribution in [0, 0.1) is 24.7 Å². The van der Waals surface area contributed by atoms with Crippen molar-refractivity contribution in [2.45, 2.75) is 30.7 Å². The van der Waals surface area contributed by atoms with Gasteiger partial charge in [0.25, 0.3) is 0 Å². The minimum absolute atomic E-state index is 0.0142. The number of aliphatic hydroxyl groups excluding tert-OH is 3. The van der Waals surface area contributed by atoms with Crippen LogP contribution in [0.3, 0.4) is 0 Å². The summed E-state index contributed by atoms with van der Waals surface area (Å²) in [4.78, 5) is 0. The first-order valence-corrected chi connectivity index (χ1v) is 5.37. The highest BCUT2D eigenvalue weighted by molar-refractivity contribution is 4.92. The summed E-state index contributed by atoms with van der Waals surface area (Å²) in [6, 6.07) is 0. The minimum Gasteiger partial charge on any atom is -0.387 e. The maximum atomic E-state index is 9.78. The zero-order valence-electron chi connectivity index (χ0n) is 9.73. The number of hydrogen-bond acceptors (Lipinski definition) is 6. The maximum Gasteiger partial charge on any atom is 0.184 e. The zero-order valence-corrected chi connectivity index (χ0v) is 9.73. The monoisotopic (exact) mass is 256 g/mol. The normalized spacial score (nSPS) is 35.7. The molecular weight excluding hydrogens is 240 g/mol. The molecule has 0 bridgehead atoms. The molecule has 1 aliphatic rings. The van der Waals surface area contributed by atoms with Crippen LogP contribution in [0.2, 0.25) is 0 Å². The average molecular weight is 256 g/mol. The summed E-state index contributed by atoms with van der Waals surface area (Å²) >= 11 is 0. The molecule has 0 aromatic heterocycles. The van der Waals surface area contributed by atoms with Crippen molar-refractivity contribution in [3.05, 3.63) is 0 Å². The van der Waals surface area contributed by atoms with Gasteiger partial charge in [0.15, 0.2) is 6.29 Å². The lowest BCUT2D eigenvalue weighted by Gasteiger charge is -2.40. The highest BCUT2D eigenvalue weighted by Crippen LogP contribution is 2.22. The Balaban J connectivity index is 2.64. The highest BCUT2D eigenvalue weighted by Gasteiger charge is 2.44. The Hall–Kier alpha value is -1.12. The van der Waals surface area contributed by atoms with Gasteiger partial charge >= 0.3 is 0 Å². The van der Waals surface area contributed by atoms with Gasteiger partial charge in [0.2, 0.25) is 0 Å². The molecule has 0 aromatic rings. The molecule has 1 heterocycles. The van der Waals surface area contributed by atoms with E-state index in [1.165, 1.54) is 0 Å². The summed E-state index contributed by atoms with van der Waals surface area (Å²) in [6.45, 7) is 0.0241. The van der Waals surface area contributed by atoms with E-state index in [1.54, 1.807) is 0 Å². The van der Waals surface area contributed by atoms with Crippen LogP contribution >= 0.6 is 0 Å². The van der Waals surface area contributed by atoms with E-state index < -0.39 is 30.7 Å². The van der Waals surface area contributed by atoms with E-state index in [9.17, 15) is 15.3 Å². The molecule has 0 amide bonds. The predicted octanol–water partition coefficient (Wildman–Crippen LogP) is -1.91. The lowest BCUT2D eigenvalue weighted by Crippen LogP contribution is -2.59. The molecule has 3 N–H and O–H groups in total. The molecule has 1 rings (SSSR count). The molecular formula is C12H16O6. The first-order chi connectivity index (χ1) is 8.61. The van der Waals surface area contributed by atoms with Gasteiger partial charge < -0.3 is 29.5 Å². The minimum atomic E-state index is -1.51. The van der Waals surface area contributed by atoms with Crippen molar-refractivity contribution in [3.63, 3.8) is 0 Å². The first-order valence-electron chi connectivity index (χ1n) is 5.37. The molecule has 6 heteroatoms. The maximum absolute atomic E-state index is 9.78. The van der Waals surface area contributed by atoms with Crippen molar-refractivity contribution in [3.8, 4) is 24.7 Å². The second kappa shape index (κ2) is 7.34. The van der Waals surface area contributed by atoms with Crippen LogP contribution in [0.4, 0.5) is 0 Å². The SMILES string of the molecule is C#CCOC[C@H]1O[C@H](O)[C@H](O)[C@@H](O)[C@@H]1OCC#C. The van der Waals surface area contributed by atoms with Gasteiger partial charge in [-0.15, -0.1) is 12.8 Å². The average Bonchev–Trinajstić information content (AvgIpc) is 2.36. The summed E-state index contributed by atoms with van der Waals surface area (Å²) in [5.41, 5.74) is 0. The molecule has 0 aliphatic carbocycles. The standard InChI is InChI=1S/C12H16O6/c1-3-5-16-7-8-11(17-6-4-2)9(13)10(14)12(15)18-8/h1-2,8-15H,5-7H2/t8-,9-,10-,11-,12+/m1/s1. The molecule has 1 saturated heterocycles. The Labute approximate surface area is 105 Å². The molecule has 0 saturated carbocycles. The highest BCUT2D eigenvalue weighted by atomic mass is 16.7. The molecule has 1 aliphatic heterocycles. The van der Waals surface area contributed by atoms with Crippen LogP contribution in [0.25, 0.3) is 0 Å². The van der Waals surface area contributed by atoms with Crippen molar-refractivity contribution in [2.24, 2.45) is 0 Å². The van der Waals surface area contributed by atoms with E-state index in [-0.39, 0.29) is 19.8 Å². The molecule has 5 atom stereocenters. The fraction of sp³-hybridized carbons (Fsp3) is 0.667. The second-order valence-electron chi connectivity index (χ2n) is 3.75. The zero-order chi connectivity index (χ0) is 13.5. The quantitative estimate of drug-likeness (QED) is 0.393. The van der Waals surface area contributed by atoms with E-state index in [1.807, 2.05) is 0 Å². The van der Waals surface area contributed by atoms with Crippen LogP contribution in [0.5, 0.6) is 0 Å². The summed E-state index contributed by atoms with van der Waals surface area (Å²) in [5.74, 6) is 4.51. The van der Waals surface area contributed by atoms with Gasteiger partial charge in [-0.3, -0.25) is 0 Å². The van der Waals surface area contributed by atoms with Crippen LogP contribution < -0.4 is 0 Å². The van der Waals surface area contributed by atoms with E-state index >= 15 is 0 Å². The van der Waals surface area contributed by atoms with Gasteiger partial charge in [-0.25, -0.2) is 0 Å². The summed E-state index contributed by atoms with van der Waals surface area (Å²) < 4.78 is 15.3. The number of terminal acetylenes is 2. The first kappa shape index (κ1) is 14.9. The smallest absolute Gasteiger partial charge is 0.184 e. The Morgan fingerprint density at radius 1 is 1.06 bits per heavy atom. The van der Waals surface area contributed by atoms with E-state index in [0.717, 1.165) is 0 Å². The fourth-order valence-corrected chi connectivity index (χ4v) is 1.64. The molecule has 0 radical (unpaired) electrons. The molecule has 6 nitrogen and oxygen atoms in total. The predicted molar refractivity (Wildman–Crippen MR) is 61.1 cm³/mol. The van der Waals surface area contributed by atoms with E-state index in [0.29, 0.717) is 0 Å². The van der Waals surface area contributed by atoms with Crippen LogP contribution in [-0.2, 0) is 14.2 Å². The van der Waals surface area contributed by atoms with Gasteiger partial charge in [-0.05, 0) is 0 Å². The van der Waals surface area contributed by atoms with Crippen molar-refractivity contribution >= 4 is 0 Å². The van der Waals surface area contributed by atoms with Crippen LogP contribution in [-0.4, -0.2) is 65.8 Å².